The molecule has 0 N–H and O–H groups in total. The Morgan fingerprint density at radius 1 is 1.57 bits per heavy atom. The van der Waals surface area contributed by atoms with E-state index in [2.05, 4.69) is 4.98 Å². The van der Waals surface area contributed by atoms with Crippen LogP contribution in [0, 0.1) is 11.5 Å². The van der Waals surface area contributed by atoms with Gasteiger partial charge in [0.1, 0.15) is 0 Å². The fourth-order valence-corrected chi connectivity index (χ4v) is 3.35. The summed E-state index contributed by atoms with van der Waals surface area (Å²) in [4.78, 5) is 19.3. The molecule has 1 atom stereocenters. The molecule has 2 aromatic rings. The van der Waals surface area contributed by atoms with E-state index in [-0.39, 0.29) is 19.5 Å². The smallest absolute Gasteiger partial charge is 0.268 e. The maximum Gasteiger partial charge on any atom is 0.268 e. The first-order chi connectivity index (χ1) is 10.0. The second-order valence-corrected chi connectivity index (χ2v) is 6.07. The number of aromatic nitrogens is 1. The van der Waals surface area contributed by atoms with Gasteiger partial charge in [0, 0.05) is 20.0 Å². The molecule has 108 valence electrons. The predicted octanol–water partition coefficient (Wildman–Crippen LogP) is 2.15. The quantitative estimate of drug-likeness (QED) is 0.798. The Bertz CT molecular complexity index is 707. The van der Waals surface area contributed by atoms with Gasteiger partial charge in [0.15, 0.2) is 11.3 Å². The molecule has 1 aromatic heterocycles. The Morgan fingerprint density at radius 3 is 3.00 bits per heavy atom. The number of carbonyl (C=O) groups excluding carboxylic acids is 1. The largest absolute Gasteiger partial charge is 0.307 e. The molecule has 2 heterocycles. The predicted molar refractivity (Wildman–Crippen MR) is 78.7 cm³/mol. The maximum atomic E-state index is 14.7. The second-order valence-electron chi connectivity index (χ2n) is 5.07. The number of para-hydroxylation sites is 1. The average molecular weight is 304 g/mol. The van der Waals surface area contributed by atoms with E-state index in [4.69, 9.17) is 5.26 Å². The number of rotatable bonds is 2. The van der Waals surface area contributed by atoms with Gasteiger partial charge in [-0.25, -0.2) is 9.37 Å². The van der Waals surface area contributed by atoms with E-state index in [1.807, 2.05) is 30.5 Å². The van der Waals surface area contributed by atoms with E-state index in [9.17, 15) is 9.18 Å². The molecule has 7 heteroatoms. The molecular weight excluding hydrogens is 291 g/mol. The molecule has 5 nitrogen and oxygen atoms in total. The number of thiazole rings is 1. The van der Waals surface area contributed by atoms with Crippen LogP contribution in [0.5, 0.6) is 0 Å². The molecule has 1 unspecified atom stereocenters. The van der Waals surface area contributed by atoms with Crippen molar-refractivity contribution in [3.63, 3.8) is 0 Å². The summed E-state index contributed by atoms with van der Waals surface area (Å²) in [5.74, 6) is -0.640. The third-order valence-electron chi connectivity index (χ3n) is 3.62. The van der Waals surface area contributed by atoms with Crippen LogP contribution in [-0.2, 0) is 4.79 Å². The first kappa shape index (κ1) is 13.8. The molecular formula is C14H13FN4OS. The fourth-order valence-electron chi connectivity index (χ4n) is 2.42. The van der Waals surface area contributed by atoms with E-state index >= 15 is 0 Å². The van der Waals surface area contributed by atoms with E-state index in [0.717, 1.165) is 10.2 Å². The minimum Gasteiger partial charge on any atom is -0.307 e. The van der Waals surface area contributed by atoms with E-state index in [1.54, 1.807) is 0 Å². The molecule has 1 fully saturated rings. The number of benzene rings is 1. The zero-order valence-corrected chi connectivity index (χ0v) is 12.2. The van der Waals surface area contributed by atoms with Crippen LogP contribution in [0.25, 0.3) is 10.2 Å². The first-order valence-corrected chi connectivity index (χ1v) is 7.32. The molecule has 3 rings (SSSR count). The molecule has 0 radical (unpaired) electrons. The van der Waals surface area contributed by atoms with Crippen LogP contribution in [0.1, 0.15) is 6.42 Å². The number of carbonyl (C=O) groups is 1. The van der Waals surface area contributed by atoms with E-state index in [0.29, 0.717) is 5.13 Å². The lowest BCUT2D eigenvalue weighted by Crippen LogP contribution is -2.46. The lowest BCUT2D eigenvalue weighted by Gasteiger charge is -2.23. The standard InChI is InChI=1S/C14H13FN4OS/c1-18(12(20)14(15)6-7-19(8-14)9-16)13-17-10-4-2-3-5-11(10)21-13/h2-5H,6-8H2,1H3. The van der Waals surface area contributed by atoms with Crippen molar-refractivity contribution >= 4 is 32.6 Å². The summed E-state index contributed by atoms with van der Waals surface area (Å²) in [5.41, 5.74) is -1.22. The number of hydrogen-bond acceptors (Lipinski definition) is 5. The number of alkyl halides is 1. The molecule has 1 saturated heterocycles. The van der Waals surface area contributed by atoms with Gasteiger partial charge in [-0.3, -0.25) is 9.69 Å². The van der Waals surface area contributed by atoms with Gasteiger partial charge in [0.25, 0.3) is 5.91 Å². The highest BCUT2D eigenvalue weighted by molar-refractivity contribution is 7.22. The van der Waals surface area contributed by atoms with Gasteiger partial charge in [0.05, 0.1) is 16.8 Å². The highest BCUT2D eigenvalue weighted by atomic mass is 32.1. The summed E-state index contributed by atoms with van der Waals surface area (Å²) in [6.07, 6.45) is 1.92. The topological polar surface area (TPSA) is 60.2 Å². The van der Waals surface area contributed by atoms with Crippen molar-refractivity contribution < 1.29 is 9.18 Å². The number of nitrogens with zero attached hydrogens (tertiary/aromatic N) is 4. The molecule has 1 aliphatic heterocycles. The van der Waals surface area contributed by atoms with Gasteiger partial charge in [-0.15, -0.1) is 0 Å². The van der Waals surface area contributed by atoms with Crippen LogP contribution >= 0.6 is 11.3 Å². The van der Waals surface area contributed by atoms with Gasteiger partial charge >= 0.3 is 0 Å². The molecule has 1 aromatic carbocycles. The molecule has 1 aliphatic rings. The minimum absolute atomic E-state index is 0.0363. The number of likely N-dealkylation sites (tertiary alicyclic amines) is 1. The van der Waals surface area contributed by atoms with Crippen molar-refractivity contribution in [2.24, 2.45) is 0 Å². The van der Waals surface area contributed by atoms with Crippen LogP contribution in [0.2, 0.25) is 0 Å². The minimum atomic E-state index is -2.01. The summed E-state index contributed by atoms with van der Waals surface area (Å²) in [7, 11) is 1.52. The van der Waals surface area contributed by atoms with Crippen LogP contribution in [-0.4, -0.2) is 41.6 Å². The summed E-state index contributed by atoms with van der Waals surface area (Å²) in [6, 6.07) is 7.52. The first-order valence-electron chi connectivity index (χ1n) is 6.51. The van der Waals surface area contributed by atoms with Crippen molar-refractivity contribution in [3.05, 3.63) is 24.3 Å². The summed E-state index contributed by atoms with van der Waals surface area (Å²) < 4.78 is 15.7. The van der Waals surface area contributed by atoms with Crippen molar-refractivity contribution in [1.82, 2.24) is 9.88 Å². The van der Waals surface area contributed by atoms with Crippen molar-refractivity contribution in [2.75, 3.05) is 25.0 Å². The Balaban J connectivity index is 1.86. The third kappa shape index (κ3) is 2.32. The summed E-state index contributed by atoms with van der Waals surface area (Å²) in [6.45, 7) is 0.0873. The third-order valence-corrected chi connectivity index (χ3v) is 4.73. The SMILES string of the molecule is CN(C(=O)C1(F)CCN(C#N)C1)c1nc2ccccc2s1. The molecule has 0 aliphatic carbocycles. The van der Waals surface area contributed by atoms with Gasteiger partial charge < -0.3 is 4.90 Å². The second kappa shape index (κ2) is 4.97. The Hall–Kier alpha value is -2.20. The van der Waals surface area contributed by atoms with Crippen molar-refractivity contribution in [3.8, 4) is 6.19 Å². The van der Waals surface area contributed by atoms with Gasteiger partial charge in [-0.05, 0) is 12.1 Å². The Labute approximate surface area is 125 Å². The lowest BCUT2D eigenvalue weighted by atomic mass is 10.0. The van der Waals surface area contributed by atoms with E-state index in [1.165, 1.54) is 28.2 Å². The number of amides is 1. The zero-order chi connectivity index (χ0) is 15.0. The summed E-state index contributed by atoms with van der Waals surface area (Å²) in [5, 5.41) is 9.27. The number of fused-ring (bicyclic) bond motifs is 1. The lowest BCUT2D eigenvalue weighted by molar-refractivity contribution is -0.128. The highest BCUT2D eigenvalue weighted by Gasteiger charge is 2.47. The van der Waals surface area contributed by atoms with Gasteiger partial charge in [0.2, 0.25) is 5.67 Å². The molecule has 1 amide bonds. The highest BCUT2D eigenvalue weighted by Crippen LogP contribution is 2.32. The van der Waals surface area contributed by atoms with Gasteiger partial charge in [-0.1, -0.05) is 23.5 Å². The van der Waals surface area contributed by atoms with Crippen LogP contribution in [0.15, 0.2) is 24.3 Å². The normalized spacial score (nSPS) is 21.5. The van der Waals surface area contributed by atoms with Crippen LogP contribution < -0.4 is 4.90 Å². The van der Waals surface area contributed by atoms with Crippen molar-refractivity contribution in [1.29, 1.82) is 5.26 Å². The molecule has 0 spiro atoms. The molecule has 0 saturated carbocycles. The average Bonchev–Trinajstić information content (AvgIpc) is 3.09. The van der Waals surface area contributed by atoms with Crippen LogP contribution in [0.4, 0.5) is 9.52 Å². The maximum absolute atomic E-state index is 14.7. The number of anilines is 1. The molecule has 0 bridgehead atoms. The fraction of sp³-hybridized carbons (Fsp3) is 0.357. The van der Waals surface area contributed by atoms with Gasteiger partial charge in [-0.2, -0.15) is 5.26 Å². The number of nitriles is 1. The van der Waals surface area contributed by atoms with Crippen molar-refractivity contribution in [2.45, 2.75) is 12.1 Å². The Morgan fingerprint density at radius 2 is 2.33 bits per heavy atom. The zero-order valence-electron chi connectivity index (χ0n) is 11.4. The van der Waals surface area contributed by atoms with E-state index < -0.39 is 11.6 Å². The molecule has 21 heavy (non-hydrogen) atoms. The Kier molecular flexibility index (Phi) is 3.26. The van der Waals surface area contributed by atoms with Crippen LogP contribution in [0.3, 0.4) is 0 Å². The summed E-state index contributed by atoms with van der Waals surface area (Å²) >= 11 is 1.35. The number of hydrogen-bond donors (Lipinski definition) is 0. The number of halogens is 1. The monoisotopic (exact) mass is 304 g/mol.